The Morgan fingerprint density at radius 1 is 1.12 bits per heavy atom. The highest BCUT2D eigenvalue weighted by molar-refractivity contribution is 5.91. The summed E-state index contributed by atoms with van der Waals surface area (Å²) in [4.78, 5) is 26.9. The van der Waals surface area contributed by atoms with Crippen LogP contribution in [0.2, 0.25) is 0 Å². The number of nitrogens with one attached hydrogen (secondary N) is 1. The van der Waals surface area contributed by atoms with Gasteiger partial charge in [-0.25, -0.2) is 0 Å². The number of halogens is 3. The molecule has 0 bridgehead atoms. The fourth-order valence-corrected chi connectivity index (χ4v) is 2.60. The van der Waals surface area contributed by atoms with E-state index in [4.69, 9.17) is 0 Å². The number of alkyl halides is 3. The maximum absolute atomic E-state index is 12.9. The molecule has 5 nitrogen and oxygen atoms in total. The summed E-state index contributed by atoms with van der Waals surface area (Å²) >= 11 is 0. The van der Waals surface area contributed by atoms with Gasteiger partial charge in [-0.2, -0.15) is 13.2 Å². The first-order chi connectivity index (χ1) is 11.3. The van der Waals surface area contributed by atoms with Crippen LogP contribution >= 0.6 is 0 Å². The molecule has 0 aromatic heterocycles. The van der Waals surface area contributed by atoms with Gasteiger partial charge in [0, 0.05) is 46.1 Å². The van der Waals surface area contributed by atoms with Crippen molar-refractivity contribution in [1.29, 1.82) is 0 Å². The van der Waals surface area contributed by atoms with Crippen LogP contribution in [-0.2, 0) is 15.8 Å². The predicted octanol–water partition coefficient (Wildman–Crippen LogP) is 2.20. The molecular weight excluding hydrogens is 323 g/mol. The Morgan fingerprint density at radius 2 is 1.75 bits per heavy atom. The Morgan fingerprint density at radius 3 is 2.33 bits per heavy atom. The molecule has 0 spiro atoms. The van der Waals surface area contributed by atoms with Crippen molar-refractivity contribution in [2.75, 3.05) is 38.0 Å². The maximum atomic E-state index is 12.9. The zero-order chi connectivity index (χ0) is 17.7. The van der Waals surface area contributed by atoms with E-state index in [0.29, 0.717) is 32.7 Å². The number of hydrogen-bond donors (Lipinski definition) is 1. The number of para-hydroxylation sites is 1. The van der Waals surface area contributed by atoms with Crippen LogP contribution in [0.4, 0.5) is 18.9 Å². The highest BCUT2D eigenvalue weighted by atomic mass is 19.4. The lowest BCUT2D eigenvalue weighted by Crippen LogP contribution is -2.48. The predicted molar refractivity (Wildman–Crippen MR) is 83.4 cm³/mol. The molecule has 1 heterocycles. The van der Waals surface area contributed by atoms with Gasteiger partial charge in [-0.1, -0.05) is 12.1 Å². The van der Waals surface area contributed by atoms with E-state index in [1.165, 1.54) is 25.1 Å². The molecule has 24 heavy (non-hydrogen) atoms. The molecule has 0 atom stereocenters. The number of amides is 2. The monoisotopic (exact) mass is 343 g/mol. The summed E-state index contributed by atoms with van der Waals surface area (Å²) < 4.78 is 38.7. The normalized spacial score (nSPS) is 16.1. The van der Waals surface area contributed by atoms with Gasteiger partial charge in [-0.15, -0.1) is 0 Å². The first-order valence-electron chi connectivity index (χ1n) is 7.71. The van der Waals surface area contributed by atoms with Crippen molar-refractivity contribution < 1.29 is 22.8 Å². The maximum Gasteiger partial charge on any atom is 0.418 e. The number of carbonyl (C=O) groups is 2. The molecule has 0 unspecified atom stereocenters. The lowest BCUT2D eigenvalue weighted by molar-refractivity contribution is -0.137. The van der Waals surface area contributed by atoms with Gasteiger partial charge < -0.3 is 10.2 Å². The van der Waals surface area contributed by atoms with Crippen LogP contribution < -0.4 is 5.32 Å². The molecule has 8 heteroatoms. The second-order valence-electron chi connectivity index (χ2n) is 5.69. The van der Waals surface area contributed by atoms with E-state index >= 15 is 0 Å². The average molecular weight is 343 g/mol. The summed E-state index contributed by atoms with van der Waals surface area (Å²) in [5.74, 6) is -0.433. The Labute approximate surface area is 138 Å². The zero-order valence-electron chi connectivity index (χ0n) is 13.4. The van der Waals surface area contributed by atoms with Crippen molar-refractivity contribution in [3.8, 4) is 0 Å². The Balaban J connectivity index is 1.84. The van der Waals surface area contributed by atoms with Gasteiger partial charge in [-0.3, -0.25) is 14.5 Å². The van der Waals surface area contributed by atoms with Gasteiger partial charge in [0.2, 0.25) is 11.8 Å². The quantitative estimate of drug-likeness (QED) is 0.912. The Bertz CT molecular complexity index is 596. The molecule has 1 aliphatic heterocycles. The van der Waals surface area contributed by atoms with Crippen LogP contribution in [-0.4, -0.2) is 54.3 Å². The van der Waals surface area contributed by atoms with Crippen molar-refractivity contribution >= 4 is 17.5 Å². The van der Waals surface area contributed by atoms with Crippen molar-refractivity contribution in [1.82, 2.24) is 9.80 Å². The molecule has 2 rings (SSSR count). The van der Waals surface area contributed by atoms with E-state index in [-0.39, 0.29) is 18.0 Å². The SMILES string of the molecule is CC(=O)N1CCN(CCC(=O)Nc2ccccc2C(F)(F)F)CC1. The fraction of sp³-hybridized carbons (Fsp3) is 0.500. The molecule has 1 fully saturated rings. The van der Waals surface area contributed by atoms with Crippen LogP contribution in [0, 0.1) is 0 Å². The number of rotatable bonds is 4. The van der Waals surface area contributed by atoms with Gasteiger partial charge in [0.05, 0.1) is 11.3 Å². The van der Waals surface area contributed by atoms with E-state index in [2.05, 4.69) is 5.32 Å². The molecule has 1 N–H and O–H groups in total. The topological polar surface area (TPSA) is 52.7 Å². The first kappa shape index (κ1) is 18.3. The standard InChI is InChI=1S/C16H20F3N3O2/c1-12(23)22-10-8-21(9-11-22)7-6-15(24)20-14-5-3-2-4-13(14)16(17,18)19/h2-5H,6-11H2,1H3,(H,20,24). The molecule has 2 amide bonds. The molecule has 132 valence electrons. The molecule has 0 radical (unpaired) electrons. The van der Waals surface area contributed by atoms with Crippen molar-refractivity contribution in [3.63, 3.8) is 0 Å². The van der Waals surface area contributed by atoms with Crippen LogP contribution in [0.25, 0.3) is 0 Å². The fourth-order valence-electron chi connectivity index (χ4n) is 2.60. The number of piperazine rings is 1. The first-order valence-corrected chi connectivity index (χ1v) is 7.71. The third-order valence-corrected chi connectivity index (χ3v) is 3.98. The Kier molecular flexibility index (Phi) is 5.82. The van der Waals surface area contributed by atoms with Gasteiger partial charge in [0.1, 0.15) is 0 Å². The minimum atomic E-state index is -4.51. The van der Waals surface area contributed by atoms with Crippen molar-refractivity contribution in [2.24, 2.45) is 0 Å². The lowest BCUT2D eigenvalue weighted by Gasteiger charge is -2.34. The molecule has 1 saturated heterocycles. The summed E-state index contributed by atoms with van der Waals surface area (Å²) in [5.41, 5.74) is -1.08. The second kappa shape index (κ2) is 7.65. The van der Waals surface area contributed by atoms with E-state index in [9.17, 15) is 22.8 Å². The largest absolute Gasteiger partial charge is 0.418 e. The van der Waals surface area contributed by atoms with Crippen molar-refractivity contribution in [2.45, 2.75) is 19.5 Å². The highest BCUT2D eigenvalue weighted by Crippen LogP contribution is 2.34. The zero-order valence-corrected chi connectivity index (χ0v) is 13.4. The van der Waals surface area contributed by atoms with Crippen LogP contribution in [0.15, 0.2) is 24.3 Å². The van der Waals surface area contributed by atoms with Crippen molar-refractivity contribution in [3.05, 3.63) is 29.8 Å². The van der Waals surface area contributed by atoms with Crippen LogP contribution in [0.3, 0.4) is 0 Å². The summed E-state index contributed by atoms with van der Waals surface area (Å²) in [5, 5.41) is 2.33. The lowest BCUT2D eigenvalue weighted by atomic mass is 10.1. The summed E-state index contributed by atoms with van der Waals surface area (Å²) in [6.07, 6.45) is -4.40. The minimum Gasteiger partial charge on any atom is -0.340 e. The van der Waals surface area contributed by atoms with Crippen LogP contribution in [0.1, 0.15) is 18.9 Å². The summed E-state index contributed by atoms with van der Waals surface area (Å²) in [7, 11) is 0. The third-order valence-electron chi connectivity index (χ3n) is 3.98. The van der Waals surface area contributed by atoms with E-state index in [1.54, 1.807) is 4.90 Å². The van der Waals surface area contributed by atoms with Gasteiger partial charge in [0.15, 0.2) is 0 Å². The molecule has 1 aromatic rings. The molecule has 1 aromatic carbocycles. The molecular formula is C16H20F3N3O2. The second-order valence-corrected chi connectivity index (χ2v) is 5.69. The van der Waals surface area contributed by atoms with E-state index in [1.807, 2.05) is 4.90 Å². The van der Waals surface area contributed by atoms with Gasteiger partial charge >= 0.3 is 6.18 Å². The molecule has 1 aliphatic rings. The Hall–Kier alpha value is -2.09. The number of nitrogens with zero attached hydrogens (tertiary/aromatic N) is 2. The number of hydrogen-bond acceptors (Lipinski definition) is 3. The smallest absolute Gasteiger partial charge is 0.340 e. The summed E-state index contributed by atoms with van der Waals surface area (Å²) in [6, 6.07) is 4.92. The van der Waals surface area contributed by atoms with Gasteiger partial charge in [0.25, 0.3) is 0 Å². The number of carbonyl (C=O) groups excluding carboxylic acids is 2. The van der Waals surface area contributed by atoms with Gasteiger partial charge in [-0.05, 0) is 12.1 Å². The third kappa shape index (κ3) is 4.95. The minimum absolute atomic E-state index is 0.0242. The van der Waals surface area contributed by atoms with E-state index < -0.39 is 17.6 Å². The summed E-state index contributed by atoms with van der Waals surface area (Å²) in [6.45, 7) is 4.49. The highest BCUT2D eigenvalue weighted by Gasteiger charge is 2.33. The molecule has 0 saturated carbocycles. The number of anilines is 1. The van der Waals surface area contributed by atoms with Crippen LogP contribution in [0.5, 0.6) is 0 Å². The number of benzene rings is 1. The molecule has 0 aliphatic carbocycles. The average Bonchev–Trinajstić information content (AvgIpc) is 2.53. The van der Waals surface area contributed by atoms with E-state index in [0.717, 1.165) is 6.07 Å².